The van der Waals surface area contributed by atoms with Gasteiger partial charge in [-0.25, -0.2) is 13.6 Å². The number of fused-ring (bicyclic) bond motifs is 1. The SMILES string of the molecule is COC(=O)C1=C(C)N(c2ccc3c(c2)OCCO3)C(=S)NC1c1ccc(F)c(F)c1. The molecule has 156 valence electrons. The molecule has 2 heterocycles. The molecular weight excluding hydrogens is 414 g/mol. The zero-order valence-corrected chi connectivity index (χ0v) is 17.0. The van der Waals surface area contributed by atoms with Crippen molar-refractivity contribution < 1.29 is 27.8 Å². The number of allylic oxidation sites excluding steroid dienone is 1. The van der Waals surface area contributed by atoms with E-state index < -0.39 is 23.6 Å². The van der Waals surface area contributed by atoms with Gasteiger partial charge in [0.2, 0.25) is 0 Å². The van der Waals surface area contributed by atoms with Gasteiger partial charge in [-0.05, 0) is 49.0 Å². The molecule has 4 rings (SSSR count). The van der Waals surface area contributed by atoms with Crippen LogP contribution >= 0.6 is 12.2 Å². The number of carbonyl (C=O) groups is 1. The van der Waals surface area contributed by atoms with Crippen LogP contribution in [-0.4, -0.2) is 31.4 Å². The monoisotopic (exact) mass is 432 g/mol. The van der Waals surface area contributed by atoms with Gasteiger partial charge in [-0.1, -0.05) is 6.07 Å². The fraction of sp³-hybridized carbons (Fsp3) is 0.238. The van der Waals surface area contributed by atoms with E-state index in [1.54, 1.807) is 30.0 Å². The third kappa shape index (κ3) is 3.45. The molecule has 0 spiro atoms. The van der Waals surface area contributed by atoms with Crippen molar-refractivity contribution in [3.63, 3.8) is 0 Å². The zero-order valence-electron chi connectivity index (χ0n) is 16.2. The lowest BCUT2D eigenvalue weighted by atomic mass is 9.94. The first kappa shape index (κ1) is 20.1. The van der Waals surface area contributed by atoms with Gasteiger partial charge in [0, 0.05) is 11.8 Å². The van der Waals surface area contributed by atoms with E-state index in [0.29, 0.717) is 41.7 Å². The number of ether oxygens (including phenoxy) is 3. The largest absolute Gasteiger partial charge is 0.486 e. The van der Waals surface area contributed by atoms with Crippen LogP contribution in [0.1, 0.15) is 18.5 Å². The van der Waals surface area contributed by atoms with E-state index in [9.17, 15) is 13.6 Å². The summed E-state index contributed by atoms with van der Waals surface area (Å²) in [5.41, 5.74) is 1.72. The molecule has 0 aliphatic carbocycles. The topological polar surface area (TPSA) is 60.0 Å². The molecule has 2 aromatic rings. The number of thiocarbonyl (C=S) groups is 1. The first-order valence-electron chi connectivity index (χ1n) is 9.15. The normalized spacial score (nSPS) is 18.2. The van der Waals surface area contributed by atoms with Crippen LogP contribution in [0, 0.1) is 11.6 Å². The van der Waals surface area contributed by atoms with Gasteiger partial charge in [0.05, 0.1) is 24.4 Å². The van der Waals surface area contributed by atoms with Crippen molar-refractivity contribution in [2.45, 2.75) is 13.0 Å². The summed E-state index contributed by atoms with van der Waals surface area (Å²) in [4.78, 5) is 14.3. The van der Waals surface area contributed by atoms with Gasteiger partial charge in [0.15, 0.2) is 28.2 Å². The predicted molar refractivity (Wildman–Crippen MR) is 109 cm³/mol. The number of hydrogen-bond donors (Lipinski definition) is 1. The average Bonchev–Trinajstić information content (AvgIpc) is 2.74. The zero-order chi connectivity index (χ0) is 21.4. The number of nitrogens with zero attached hydrogens (tertiary/aromatic N) is 1. The van der Waals surface area contributed by atoms with E-state index in [4.69, 9.17) is 26.4 Å². The summed E-state index contributed by atoms with van der Waals surface area (Å²) < 4.78 is 43.4. The van der Waals surface area contributed by atoms with Crippen LogP contribution in [-0.2, 0) is 9.53 Å². The third-order valence-electron chi connectivity index (χ3n) is 4.95. The molecule has 2 aliphatic rings. The molecule has 0 aromatic heterocycles. The molecule has 0 saturated carbocycles. The van der Waals surface area contributed by atoms with Gasteiger partial charge in [-0.2, -0.15) is 0 Å². The Bertz CT molecular complexity index is 1070. The first-order valence-corrected chi connectivity index (χ1v) is 9.56. The summed E-state index contributed by atoms with van der Waals surface area (Å²) >= 11 is 5.54. The van der Waals surface area contributed by atoms with E-state index in [-0.39, 0.29) is 10.7 Å². The summed E-state index contributed by atoms with van der Waals surface area (Å²) in [7, 11) is 1.26. The molecule has 2 aromatic carbocycles. The number of halogens is 2. The van der Waals surface area contributed by atoms with Crippen LogP contribution in [0.2, 0.25) is 0 Å². The van der Waals surface area contributed by atoms with Crippen molar-refractivity contribution in [2.24, 2.45) is 0 Å². The minimum Gasteiger partial charge on any atom is -0.486 e. The van der Waals surface area contributed by atoms with Crippen LogP contribution in [0.15, 0.2) is 47.7 Å². The minimum atomic E-state index is -1.02. The predicted octanol–water partition coefficient (Wildman–Crippen LogP) is 3.62. The number of methoxy groups -OCH3 is 1. The van der Waals surface area contributed by atoms with Crippen LogP contribution in [0.25, 0.3) is 0 Å². The molecule has 1 N–H and O–H groups in total. The number of nitrogens with one attached hydrogen (secondary N) is 1. The van der Waals surface area contributed by atoms with Crippen LogP contribution in [0.3, 0.4) is 0 Å². The first-order chi connectivity index (χ1) is 14.4. The summed E-state index contributed by atoms with van der Waals surface area (Å²) in [5.74, 6) is -1.42. The highest BCUT2D eigenvalue weighted by molar-refractivity contribution is 7.80. The Hall–Kier alpha value is -3.20. The summed E-state index contributed by atoms with van der Waals surface area (Å²) in [5, 5.41) is 3.33. The van der Waals surface area contributed by atoms with Crippen molar-refractivity contribution in [1.82, 2.24) is 5.32 Å². The minimum absolute atomic E-state index is 0.229. The Morgan fingerprint density at radius 3 is 2.57 bits per heavy atom. The van der Waals surface area contributed by atoms with Crippen molar-refractivity contribution in [1.29, 1.82) is 0 Å². The van der Waals surface area contributed by atoms with E-state index >= 15 is 0 Å². The standard InChI is InChI=1S/C21H18F2N2O4S/c1-11-18(20(26)27-2)19(12-3-5-14(22)15(23)9-12)24-21(30)25(11)13-4-6-16-17(10-13)29-8-7-28-16/h3-6,9-10,19H,7-8H2,1-2H3,(H,24,30). The molecule has 0 fully saturated rings. The molecule has 1 unspecified atom stereocenters. The smallest absolute Gasteiger partial charge is 0.337 e. The second-order valence-corrected chi connectivity index (χ2v) is 7.10. The molecule has 0 bridgehead atoms. The van der Waals surface area contributed by atoms with Crippen LogP contribution < -0.4 is 19.7 Å². The van der Waals surface area contributed by atoms with Gasteiger partial charge in [-0.3, -0.25) is 4.90 Å². The lowest BCUT2D eigenvalue weighted by molar-refractivity contribution is -0.136. The molecule has 1 atom stereocenters. The van der Waals surface area contributed by atoms with E-state index in [2.05, 4.69) is 5.32 Å². The lowest BCUT2D eigenvalue weighted by Crippen LogP contribution is -2.48. The molecule has 6 nitrogen and oxygen atoms in total. The van der Waals surface area contributed by atoms with E-state index in [1.807, 2.05) is 0 Å². The summed E-state index contributed by atoms with van der Waals surface area (Å²) in [6.07, 6.45) is 0. The number of anilines is 1. The average molecular weight is 432 g/mol. The maximum Gasteiger partial charge on any atom is 0.337 e. The number of hydrogen-bond acceptors (Lipinski definition) is 5. The Morgan fingerprint density at radius 2 is 1.87 bits per heavy atom. The highest BCUT2D eigenvalue weighted by Crippen LogP contribution is 2.38. The molecule has 9 heteroatoms. The van der Waals surface area contributed by atoms with Gasteiger partial charge in [0.25, 0.3) is 0 Å². The van der Waals surface area contributed by atoms with Crippen molar-refractivity contribution >= 4 is 29.0 Å². The maximum absolute atomic E-state index is 13.8. The summed E-state index contributed by atoms with van der Waals surface area (Å²) in [6.45, 7) is 2.61. The molecule has 0 radical (unpaired) electrons. The molecule has 2 aliphatic heterocycles. The van der Waals surface area contributed by atoms with Crippen LogP contribution in [0.4, 0.5) is 14.5 Å². The maximum atomic E-state index is 13.8. The number of esters is 1. The second kappa shape index (κ2) is 7.91. The number of benzene rings is 2. The lowest BCUT2D eigenvalue weighted by Gasteiger charge is -2.37. The molecular formula is C21H18F2N2O4S. The van der Waals surface area contributed by atoms with E-state index in [1.165, 1.54) is 13.2 Å². The third-order valence-corrected chi connectivity index (χ3v) is 5.25. The highest BCUT2D eigenvalue weighted by atomic mass is 32.1. The van der Waals surface area contributed by atoms with Crippen LogP contribution in [0.5, 0.6) is 11.5 Å². The number of carbonyl (C=O) groups excluding carboxylic acids is 1. The van der Waals surface area contributed by atoms with E-state index in [0.717, 1.165) is 12.1 Å². The summed E-state index contributed by atoms with van der Waals surface area (Å²) in [6, 6.07) is 7.95. The number of rotatable bonds is 3. The van der Waals surface area contributed by atoms with Crippen molar-refractivity contribution in [3.05, 3.63) is 64.9 Å². The Labute approximate surface area is 177 Å². The Balaban J connectivity index is 1.81. The van der Waals surface area contributed by atoms with Gasteiger partial charge in [0.1, 0.15) is 13.2 Å². The Morgan fingerprint density at radius 1 is 1.13 bits per heavy atom. The molecule has 30 heavy (non-hydrogen) atoms. The van der Waals surface area contributed by atoms with Crippen molar-refractivity contribution in [3.8, 4) is 11.5 Å². The van der Waals surface area contributed by atoms with Gasteiger partial charge in [-0.15, -0.1) is 0 Å². The van der Waals surface area contributed by atoms with Gasteiger partial charge < -0.3 is 19.5 Å². The quantitative estimate of drug-likeness (QED) is 0.587. The Kier molecular flexibility index (Phi) is 5.29. The molecule has 0 saturated heterocycles. The highest BCUT2D eigenvalue weighted by Gasteiger charge is 2.36. The fourth-order valence-electron chi connectivity index (χ4n) is 3.54. The second-order valence-electron chi connectivity index (χ2n) is 6.71. The van der Waals surface area contributed by atoms with Crippen molar-refractivity contribution in [2.75, 3.05) is 25.2 Å². The molecule has 0 amide bonds. The van der Waals surface area contributed by atoms with Gasteiger partial charge >= 0.3 is 5.97 Å². The fourth-order valence-corrected chi connectivity index (χ4v) is 3.90.